The Kier molecular flexibility index (Phi) is 5.01. The Morgan fingerprint density at radius 2 is 2.09 bits per heavy atom. The quantitative estimate of drug-likeness (QED) is 0.778. The molecule has 3 heteroatoms. The zero-order chi connectivity index (χ0) is 15.4. The Balaban J connectivity index is 1.32. The first kappa shape index (κ1) is 15.4. The SMILES string of the molecule is C[C@H](NC(=O)CCCOc1ccccc1)[C@H]1C[C@@H]2CC[C@@H]1C2. The summed E-state index contributed by atoms with van der Waals surface area (Å²) in [5.41, 5.74) is 0. The summed E-state index contributed by atoms with van der Waals surface area (Å²) in [6.45, 7) is 2.78. The van der Waals surface area contributed by atoms with E-state index in [1.165, 1.54) is 25.7 Å². The van der Waals surface area contributed by atoms with Gasteiger partial charge in [0, 0.05) is 12.5 Å². The molecule has 120 valence electrons. The minimum atomic E-state index is 0.173. The van der Waals surface area contributed by atoms with Gasteiger partial charge in [-0.1, -0.05) is 24.6 Å². The highest BCUT2D eigenvalue weighted by Gasteiger charge is 2.41. The predicted molar refractivity (Wildman–Crippen MR) is 87.7 cm³/mol. The molecule has 0 aliphatic heterocycles. The van der Waals surface area contributed by atoms with Crippen molar-refractivity contribution in [2.75, 3.05) is 6.61 Å². The number of carbonyl (C=O) groups is 1. The minimum Gasteiger partial charge on any atom is -0.494 e. The molecule has 2 aliphatic carbocycles. The third-order valence-corrected chi connectivity index (χ3v) is 5.38. The molecule has 2 aliphatic rings. The van der Waals surface area contributed by atoms with E-state index in [0.29, 0.717) is 25.0 Å². The summed E-state index contributed by atoms with van der Waals surface area (Å²) in [4.78, 5) is 12.1. The molecule has 4 atom stereocenters. The van der Waals surface area contributed by atoms with Gasteiger partial charge in [-0.2, -0.15) is 0 Å². The zero-order valence-electron chi connectivity index (χ0n) is 13.5. The van der Waals surface area contributed by atoms with E-state index < -0.39 is 0 Å². The molecular formula is C19H27NO2. The number of hydrogen-bond acceptors (Lipinski definition) is 2. The fourth-order valence-corrected chi connectivity index (χ4v) is 4.28. The number of benzene rings is 1. The maximum atomic E-state index is 12.1. The first-order valence-electron chi connectivity index (χ1n) is 8.69. The highest BCUT2D eigenvalue weighted by molar-refractivity contribution is 5.76. The molecule has 0 unspecified atom stereocenters. The van der Waals surface area contributed by atoms with Gasteiger partial charge in [0.1, 0.15) is 5.75 Å². The molecule has 1 aromatic carbocycles. The van der Waals surface area contributed by atoms with E-state index in [-0.39, 0.29) is 5.91 Å². The Labute approximate surface area is 133 Å². The average molecular weight is 301 g/mol. The van der Waals surface area contributed by atoms with Gasteiger partial charge in [-0.15, -0.1) is 0 Å². The third kappa shape index (κ3) is 3.82. The molecule has 2 saturated carbocycles. The molecule has 1 amide bonds. The van der Waals surface area contributed by atoms with Crippen molar-refractivity contribution in [3.63, 3.8) is 0 Å². The second kappa shape index (κ2) is 7.17. The monoisotopic (exact) mass is 301 g/mol. The molecule has 22 heavy (non-hydrogen) atoms. The first-order chi connectivity index (χ1) is 10.7. The summed E-state index contributed by atoms with van der Waals surface area (Å²) in [5.74, 6) is 3.56. The third-order valence-electron chi connectivity index (χ3n) is 5.38. The van der Waals surface area contributed by atoms with Gasteiger partial charge in [0.25, 0.3) is 0 Å². The molecule has 0 radical (unpaired) electrons. The van der Waals surface area contributed by atoms with Crippen LogP contribution in [0.2, 0.25) is 0 Å². The number of ether oxygens (including phenoxy) is 1. The van der Waals surface area contributed by atoms with E-state index in [0.717, 1.165) is 24.0 Å². The van der Waals surface area contributed by atoms with Crippen molar-refractivity contribution in [2.45, 2.75) is 51.5 Å². The maximum absolute atomic E-state index is 12.1. The summed E-state index contributed by atoms with van der Waals surface area (Å²) in [6, 6.07) is 10.1. The summed E-state index contributed by atoms with van der Waals surface area (Å²) < 4.78 is 5.62. The average Bonchev–Trinajstić information content (AvgIpc) is 3.15. The number of rotatable bonds is 7. The lowest BCUT2D eigenvalue weighted by molar-refractivity contribution is -0.122. The van der Waals surface area contributed by atoms with Crippen LogP contribution in [0.15, 0.2) is 30.3 Å². The highest BCUT2D eigenvalue weighted by atomic mass is 16.5. The van der Waals surface area contributed by atoms with Gasteiger partial charge in [0.15, 0.2) is 0 Å². The van der Waals surface area contributed by atoms with Crippen LogP contribution >= 0.6 is 0 Å². The van der Waals surface area contributed by atoms with Crippen LogP contribution in [0.3, 0.4) is 0 Å². The van der Waals surface area contributed by atoms with Crippen molar-refractivity contribution in [2.24, 2.45) is 17.8 Å². The van der Waals surface area contributed by atoms with Gasteiger partial charge < -0.3 is 10.1 Å². The molecule has 2 bridgehead atoms. The smallest absolute Gasteiger partial charge is 0.220 e. The van der Waals surface area contributed by atoms with Crippen LogP contribution < -0.4 is 10.1 Å². The molecule has 3 rings (SSSR count). The molecule has 0 saturated heterocycles. The molecular weight excluding hydrogens is 274 g/mol. The van der Waals surface area contributed by atoms with Gasteiger partial charge in [0.05, 0.1) is 6.61 Å². The van der Waals surface area contributed by atoms with E-state index >= 15 is 0 Å². The van der Waals surface area contributed by atoms with E-state index in [1.54, 1.807) is 0 Å². The second-order valence-electron chi connectivity index (χ2n) is 6.96. The molecule has 0 heterocycles. The van der Waals surface area contributed by atoms with Crippen molar-refractivity contribution >= 4 is 5.91 Å². The van der Waals surface area contributed by atoms with E-state index in [4.69, 9.17) is 4.74 Å². The Hall–Kier alpha value is -1.51. The number of nitrogens with one attached hydrogen (secondary N) is 1. The Morgan fingerprint density at radius 1 is 1.27 bits per heavy atom. The lowest BCUT2D eigenvalue weighted by Gasteiger charge is -2.28. The van der Waals surface area contributed by atoms with Gasteiger partial charge in [-0.05, 0) is 62.5 Å². The fourth-order valence-electron chi connectivity index (χ4n) is 4.28. The fraction of sp³-hybridized carbons (Fsp3) is 0.632. The minimum absolute atomic E-state index is 0.173. The number of fused-ring (bicyclic) bond motifs is 2. The number of carbonyl (C=O) groups excluding carboxylic acids is 1. The van der Waals surface area contributed by atoms with Crippen LogP contribution in [0.25, 0.3) is 0 Å². The lowest BCUT2D eigenvalue weighted by Crippen LogP contribution is -2.40. The highest BCUT2D eigenvalue weighted by Crippen LogP contribution is 2.49. The van der Waals surface area contributed by atoms with Crippen LogP contribution in [0.4, 0.5) is 0 Å². The molecule has 1 N–H and O–H groups in total. The summed E-state index contributed by atoms with van der Waals surface area (Å²) in [6.07, 6.45) is 6.83. The number of para-hydroxylation sites is 1. The Bertz CT molecular complexity index is 487. The molecule has 0 spiro atoms. The zero-order valence-corrected chi connectivity index (χ0v) is 13.5. The van der Waals surface area contributed by atoms with E-state index in [1.807, 2.05) is 30.3 Å². The molecule has 3 nitrogen and oxygen atoms in total. The van der Waals surface area contributed by atoms with E-state index in [9.17, 15) is 4.79 Å². The number of amides is 1. The van der Waals surface area contributed by atoms with Crippen LogP contribution in [0.1, 0.15) is 45.4 Å². The van der Waals surface area contributed by atoms with Crippen molar-refractivity contribution in [1.82, 2.24) is 5.32 Å². The van der Waals surface area contributed by atoms with Gasteiger partial charge in [-0.25, -0.2) is 0 Å². The van der Waals surface area contributed by atoms with Crippen LogP contribution in [-0.2, 0) is 4.79 Å². The van der Waals surface area contributed by atoms with Gasteiger partial charge in [-0.3, -0.25) is 4.79 Å². The topological polar surface area (TPSA) is 38.3 Å². The molecule has 1 aromatic rings. The van der Waals surface area contributed by atoms with Crippen LogP contribution in [-0.4, -0.2) is 18.6 Å². The summed E-state index contributed by atoms with van der Waals surface area (Å²) >= 11 is 0. The summed E-state index contributed by atoms with van der Waals surface area (Å²) in [5, 5.41) is 3.21. The van der Waals surface area contributed by atoms with Crippen molar-refractivity contribution in [3.8, 4) is 5.75 Å². The normalized spacial score (nSPS) is 27.6. The summed E-state index contributed by atoms with van der Waals surface area (Å²) in [7, 11) is 0. The van der Waals surface area contributed by atoms with Crippen molar-refractivity contribution in [1.29, 1.82) is 0 Å². The Morgan fingerprint density at radius 3 is 2.77 bits per heavy atom. The largest absolute Gasteiger partial charge is 0.494 e. The first-order valence-corrected chi connectivity index (χ1v) is 8.69. The van der Waals surface area contributed by atoms with Crippen molar-refractivity contribution < 1.29 is 9.53 Å². The van der Waals surface area contributed by atoms with Crippen molar-refractivity contribution in [3.05, 3.63) is 30.3 Å². The molecule has 2 fully saturated rings. The van der Waals surface area contributed by atoms with Gasteiger partial charge >= 0.3 is 0 Å². The van der Waals surface area contributed by atoms with Crippen LogP contribution in [0.5, 0.6) is 5.75 Å². The predicted octanol–water partition coefficient (Wildman–Crippen LogP) is 3.79. The molecule has 0 aromatic heterocycles. The lowest BCUT2D eigenvalue weighted by atomic mass is 9.84. The second-order valence-corrected chi connectivity index (χ2v) is 6.96. The van der Waals surface area contributed by atoms with E-state index in [2.05, 4.69) is 12.2 Å². The maximum Gasteiger partial charge on any atom is 0.220 e. The van der Waals surface area contributed by atoms with Crippen LogP contribution in [0, 0.1) is 17.8 Å². The standard InChI is InChI=1S/C19H27NO2/c1-14(18-13-15-9-10-16(18)12-15)20-19(21)8-5-11-22-17-6-3-2-4-7-17/h2-4,6-7,14-16,18H,5,8-13H2,1H3,(H,20,21)/t14-,15+,16+,18+/m0/s1. The van der Waals surface area contributed by atoms with Gasteiger partial charge in [0.2, 0.25) is 5.91 Å². The number of hydrogen-bond donors (Lipinski definition) is 1.